The summed E-state index contributed by atoms with van der Waals surface area (Å²) in [6, 6.07) is 0. The van der Waals surface area contributed by atoms with Crippen LogP contribution in [0.1, 0.15) is 322 Å². The molecule has 478 valence electrons. The normalized spacial score (nSPS) is 13.6. The lowest BCUT2D eigenvalue weighted by molar-refractivity contribution is -0.870. The molecule has 10 heteroatoms. The maximum atomic E-state index is 12.8. The van der Waals surface area contributed by atoms with Crippen LogP contribution in [-0.2, 0) is 32.7 Å². The summed E-state index contributed by atoms with van der Waals surface area (Å²) >= 11 is 0. The summed E-state index contributed by atoms with van der Waals surface area (Å²) in [6.07, 6.45) is 84.6. The molecule has 0 rings (SSSR count). The Bertz CT molecular complexity index is 1610. The number of carbonyl (C=O) groups is 2. The molecule has 2 unspecified atom stereocenters. The number of hydrogen-bond donors (Lipinski definition) is 1. The third-order valence-electron chi connectivity index (χ3n) is 15.2. The number of unbranched alkanes of at least 4 members (excludes halogenated alkanes) is 38. The van der Waals surface area contributed by atoms with Gasteiger partial charge < -0.3 is 18.9 Å². The molecule has 0 aliphatic carbocycles. The maximum absolute atomic E-state index is 12.8. The first-order chi connectivity index (χ1) is 40.0. The van der Waals surface area contributed by atoms with Gasteiger partial charge in [0.2, 0.25) is 0 Å². The van der Waals surface area contributed by atoms with Crippen LogP contribution in [-0.4, -0.2) is 74.9 Å². The van der Waals surface area contributed by atoms with Gasteiger partial charge in [0.25, 0.3) is 0 Å². The molecule has 0 aromatic carbocycles. The molecule has 1 N–H and O–H groups in total. The first-order valence-electron chi connectivity index (χ1n) is 34.7. The van der Waals surface area contributed by atoms with Gasteiger partial charge in [0, 0.05) is 12.8 Å². The molecule has 0 radical (unpaired) electrons. The van der Waals surface area contributed by atoms with Crippen molar-refractivity contribution in [2.45, 2.75) is 328 Å². The second-order valence-electron chi connectivity index (χ2n) is 24.5. The van der Waals surface area contributed by atoms with E-state index in [1.165, 1.54) is 199 Å². The molecule has 82 heavy (non-hydrogen) atoms. The second-order valence-corrected chi connectivity index (χ2v) is 26.0. The molecule has 0 saturated carbocycles. The van der Waals surface area contributed by atoms with Crippen LogP contribution < -0.4 is 0 Å². The molecule has 2 atom stereocenters. The van der Waals surface area contributed by atoms with E-state index in [-0.39, 0.29) is 32.0 Å². The summed E-state index contributed by atoms with van der Waals surface area (Å²) < 4.78 is 34.6. The van der Waals surface area contributed by atoms with E-state index in [0.717, 1.165) is 89.9 Å². The van der Waals surface area contributed by atoms with Crippen molar-refractivity contribution in [3.8, 4) is 0 Å². The molecule has 0 fully saturated rings. The molecule has 0 aliphatic heterocycles. The summed E-state index contributed by atoms with van der Waals surface area (Å²) in [7, 11) is 1.47. The molecule has 0 saturated heterocycles. The molecular formula is C72H133NO8P+. The number of nitrogens with zero attached hydrogens (tertiary/aromatic N) is 1. The molecule has 0 amide bonds. The van der Waals surface area contributed by atoms with Crippen LogP contribution in [0, 0.1) is 0 Å². The van der Waals surface area contributed by atoms with E-state index in [0.29, 0.717) is 17.4 Å². The van der Waals surface area contributed by atoms with Crippen molar-refractivity contribution < 1.29 is 42.1 Å². The van der Waals surface area contributed by atoms with Gasteiger partial charge in [-0.15, -0.1) is 0 Å². The van der Waals surface area contributed by atoms with Gasteiger partial charge in [-0.2, -0.15) is 0 Å². The van der Waals surface area contributed by atoms with Crippen LogP contribution in [0.5, 0.6) is 0 Å². The topological polar surface area (TPSA) is 108 Å². The predicted octanol–water partition coefficient (Wildman–Crippen LogP) is 22.4. The lowest BCUT2D eigenvalue weighted by atomic mass is 10.0. The van der Waals surface area contributed by atoms with Crippen LogP contribution in [0.2, 0.25) is 0 Å². The van der Waals surface area contributed by atoms with Crippen LogP contribution >= 0.6 is 7.82 Å². The van der Waals surface area contributed by atoms with E-state index in [1.807, 2.05) is 21.1 Å². The number of allylic oxidation sites excluding steroid dienone is 12. The summed E-state index contributed by atoms with van der Waals surface area (Å²) in [4.78, 5) is 35.8. The highest BCUT2D eigenvalue weighted by atomic mass is 31.2. The number of ether oxygens (including phenoxy) is 2. The number of esters is 2. The van der Waals surface area contributed by atoms with Crippen molar-refractivity contribution in [1.82, 2.24) is 0 Å². The van der Waals surface area contributed by atoms with E-state index in [2.05, 4.69) is 86.8 Å². The quantitative estimate of drug-likeness (QED) is 0.0211. The highest BCUT2D eigenvalue weighted by Gasteiger charge is 2.27. The SMILES string of the molecule is CC/C=C\C/C=C\C/C=C\C/C=C\CCCCCCCCC(=O)OC(COC(=O)CCCCCCCCCCCCCCCCCCCCCCCCCCCCC/C=C\C/C=C\CCCCCCC)COP(=O)(O)OCC[N+](C)(C)C. The molecule has 0 bridgehead atoms. The fourth-order valence-corrected chi connectivity index (χ4v) is 10.7. The number of carbonyl (C=O) groups excluding carboxylic acids is 2. The Hall–Kier alpha value is -2.55. The molecular weight excluding hydrogens is 1040 g/mol. The lowest BCUT2D eigenvalue weighted by Crippen LogP contribution is -2.37. The Labute approximate surface area is 508 Å². The van der Waals surface area contributed by atoms with Crippen LogP contribution in [0.3, 0.4) is 0 Å². The second kappa shape index (κ2) is 63.0. The van der Waals surface area contributed by atoms with E-state index < -0.39 is 26.5 Å². The Morgan fingerprint density at radius 2 is 0.695 bits per heavy atom. The summed E-state index contributed by atoms with van der Waals surface area (Å²) in [5.41, 5.74) is 0. The van der Waals surface area contributed by atoms with Crippen molar-refractivity contribution >= 4 is 19.8 Å². The lowest BCUT2D eigenvalue weighted by Gasteiger charge is -2.24. The van der Waals surface area contributed by atoms with Gasteiger partial charge in [-0.3, -0.25) is 18.6 Å². The van der Waals surface area contributed by atoms with Crippen LogP contribution in [0.15, 0.2) is 72.9 Å². The summed E-state index contributed by atoms with van der Waals surface area (Å²) in [5.74, 6) is -0.803. The number of phosphoric acid groups is 1. The molecule has 0 aliphatic rings. The van der Waals surface area contributed by atoms with Gasteiger partial charge in [-0.25, -0.2) is 4.57 Å². The maximum Gasteiger partial charge on any atom is 0.472 e. The van der Waals surface area contributed by atoms with Gasteiger partial charge in [0.05, 0.1) is 27.7 Å². The first-order valence-corrected chi connectivity index (χ1v) is 36.2. The molecule has 0 aromatic heterocycles. The van der Waals surface area contributed by atoms with Crippen LogP contribution in [0.4, 0.5) is 0 Å². The van der Waals surface area contributed by atoms with E-state index >= 15 is 0 Å². The third kappa shape index (κ3) is 66.6. The zero-order chi connectivity index (χ0) is 59.8. The Kier molecular flexibility index (Phi) is 61.0. The fraction of sp³-hybridized carbons (Fsp3) is 0.806. The van der Waals surface area contributed by atoms with Crippen molar-refractivity contribution in [3.05, 3.63) is 72.9 Å². The number of hydrogen-bond acceptors (Lipinski definition) is 7. The summed E-state index contributed by atoms with van der Waals surface area (Å²) in [6.45, 7) is 4.33. The van der Waals surface area contributed by atoms with Gasteiger partial charge in [0.15, 0.2) is 6.10 Å². The number of rotatable bonds is 64. The Morgan fingerprint density at radius 3 is 1.04 bits per heavy atom. The number of phosphoric ester groups is 1. The highest BCUT2D eigenvalue weighted by molar-refractivity contribution is 7.47. The molecule has 0 aromatic rings. The molecule has 0 spiro atoms. The zero-order valence-corrected chi connectivity index (χ0v) is 55.4. The van der Waals surface area contributed by atoms with Crippen molar-refractivity contribution in [2.24, 2.45) is 0 Å². The van der Waals surface area contributed by atoms with Gasteiger partial charge >= 0.3 is 19.8 Å². The summed E-state index contributed by atoms with van der Waals surface area (Å²) in [5, 5.41) is 0. The monoisotopic (exact) mass is 1170 g/mol. The Morgan fingerprint density at radius 1 is 0.390 bits per heavy atom. The average Bonchev–Trinajstić information content (AvgIpc) is 3.46. The van der Waals surface area contributed by atoms with Gasteiger partial charge in [-0.1, -0.05) is 299 Å². The van der Waals surface area contributed by atoms with Crippen molar-refractivity contribution in [3.63, 3.8) is 0 Å². The first kappa shape index (κ1) is 79.5. The van der Waals surface area contributed by atoms with Crippen molar-refractivity contribution in [2.75, 3.05) is 47.5 Å². The zero-order valence-electron chi connectivity index (χ0n) is 54.5. The number of likely N-dealkylation sites (N-methyl/N-ethyl adjacent to an activating group) is 1. The van der Waals surface area contributed by atoms with Gasteiger partial charge in [0.1, 0.15) is 19.8 Å². The van der Waals surface area contributed by atoms with Gasteiger partial charge in [-0.05, 0) is 83.5 Å². The minimum Gasteiger partial charge on any atom is -0.462 e. The minimum absolute atomic E-state index is 0.0275. The number of quaternary nitrogens is 1. The largest absolute Gasteiger partial charge is 0.472 e. The van der Waals surface area contributed by atoms with E-state index in [9.17, 15) is 19.0 Å². The average molecular weight is 1170 g/mol. The molecule has 9 nitrogen and oxygen atoms in total. The van der Waals surface area contributed by atoms with Crippen molar-refractivity contribution in [1.29, 1.82) is 0 Å². The fourth-order valence-electron chi connectivity index (χ4n) is 9.92. The standard InChI is InChI=1S/C72H132NO8P/c1-6-8-10-12-14-16-18-20-22-24-26-27-28-29-30-31-32-33-34-35-36-37-38-39-40-41-42-43-44-45-47-48-50-52-54-56-58-60-62-64-71(74)78-68-70(69-80-82(76,77)79-67-66-73(3,4)5)81-72(75)65-63-61-59-57-55-53-51-49-46-25-23-21-19-17-15-13-11-9-7-2/h9,11,15,17-18,20-21,23-24,26,46,49,70H,6-8,10,12-14,16,19,22,25,27-45,47-48,50-69H2,1-5H3/p+1/b11-9-,17-15-,20-18-,23-21-,26-24-,49-46-. The highest BCUT2D eigenvalue weighted by Crippen LogP contribution is 2.43. The molecule has 0 heterocycles. The predicted molar refractivity (Wildman–Crippen MR) is 353 cm³/mol. The third-order valence-corrected chi connectivity index (χ3v) is 16.2. The minimum atomic E-state index is -4.39. The smallest absolute Gasteiger partial charge is 0.462 e. The van der Waals surface area contributed by atoms with Crippen LogP contribution in [0.25, 0.3) is 0 Å². The van der Waals surface area contributed by atoms with E-state index in [4.69, 9.17) is 18.5 Å². The Balaban J connectivity index is 3.92. The van der Waals surface area contributed by atoms with E-state index in [1.54, 1.807) is 0 Å².